The number of aryl methyl sites for hydroxylation is 2. The van der Waals surface area contributed by atoms with E-state index in [9.17, 15) is 4.79 Å². The van der Waals surface area contributed by atoms with Crippen molar-refractivity contribution >= 4 is 32.6 Å². The first kappa shape index (κ1) is 14.5. The van der Waals surface area contributed by atoms with Crippen LogP contribution in [-0.4, -0.2) is 27.8 Å². The van der Waals surface area contributed by atoms with Gasteiger partial charge in [0, 0.05) is 13.2 Å². The lowest BCUT2D eigenvalue weighted by molar-refractivity contribution is 0.102. The molecule has 1 amide bonds. The molecule has 3 rings (SSSR count). The average molecular weight is 316 g/mol. The molecule has 1 N–H and O–H groups in total. The largest absolute Gasteiger partial charge is 0.479 e. The Bertz CT molecular complexity index is 837. The molecule has 114 valence electrons. The summed E-state index contributed by atoms with van der Waals surface area (Å²) in [5, 5.41) is 7.45. The highest BCUT2D eigenvalue weighted by molar-refractivity contribution is 7.22. The number of aromatic nitrogens is 3. The summed E-state index contributed by atoms with van der Waals surface area (Å²) < 4.78 is 7.71. The molecule has 0 spiro atoms. The molecular formula is C15H16N4O2S. The van der Waals surface area contributed by atoms with Gasteiger partial charge in [-0.25, -0.2) is 4.98 Å². The lowest BCUT2D eigenvalue weighted by Crippen LogP contribution is -2.12. The van der Waals surface area contributed by atoms with Crippen LogP contribution in [0.25, 0.3) is 10.2 Å². The first-order valence-electron chi connectivity index (χ1n) is 6.89. The Hall–Kier alpha value is -2.41. The number of benzene rings is 1. The Labute approximate surface area is 131 Å². The number of rotatable bonds is 4. The third-order valence-corrected chi connectivity index (χ3v) is 4.25. The number of ether oxygens (including phenoxy) is 1. The molecule has 2 heterocycles. The number of amides is 1. The Morgan fingerprint density at radius 2 is 2.27 bits per heavy atom. The normalized spacial score (nSPS) is 10.9. The van der Waals surface area contributed by atoms with Crippen LogP contribution in [0.4, 0.5) is 5.13 Å². The van der Waals surface area contributed by atoms with E-state index in [4.69, 9.17) is 4.74 Å². The number of fused-ring (bicyclic) bond motifs is 1. The van der Waals surface area contributed by atoms with E-state index in [2.05, 4.69) is 34.5 Å². The molecule has 7 heteroatoms. The number of hydrogen-bond acceptors (Lipinski definition) is 5. The monoisotopic (exact) mass is 316 g/mol. The van der Waals surface area contributed by atoms with Crippen molar-refractivity contribution in [3.8, 4) is 5.88 Å². The molecule has 22 heavy (non-hydrogen) atoms. The molecule has 6 nitrogen and oxygen atoms in total. The van der Waals surface area contributed by atoms with Crippen molar-refractivity contribution in [2.75, 3.05) is 12.4 Å². The predicted molar refractivity (Wildman–Crippen MR) is 86.7 cm³/mol. The van der Waals surface area contributed by atoms with Crippen molar-refractivity contribution in [3.63, 3.8) is 0 Å². The van der Waals surface area contributed by atoms with Gasteiger partial charge in [0.25, 0.3) is 5.91 Å². The Morgan fingerprint density at radius 3 is 3.00 bits per heavy atom. The predicted octanol–water partition coefficient (Wildman–Crippen LogP) is 2.85. The summed E-state index contributed by atoms with van der Waals surface area (Å²) in [5.41, 5.74) is 2.53. The van der Waals surface area contributed by atoms with E-state index < -0.39 is 0 Å². The maximum Gasteiger partial charge on any atom is 0.264 e. The molecule has 3 aromatic rings. The molecule has 0 aliphatic rings. The molecule has 0 atom stereocenters. The number of nitrogens with one attached hydrogen (secondary N) is 1. The summed E-state index contributed by atoms with van der Waals surface area (Å²) in [7, 11) is 3.23. The van der Waals surface area contributed by atoms with Gasteiger partial charge in [0.1, 0.15) is 5.56 Å². The third kappa shape index (κ3) is 2.67. The minimum Gasteiger partial charge on any atom is -0.479 e. The zero-order valence-corrected chi connectivity index (χ0v) is 13.4. The zero-order valence-electron chi connectivity index (χ0n) is 12.6. The van der Waals surface area contributed by atoms with Gasteiger partial charge in [0.2, 0.25) is 5.88 Å². The van der Waals surface area contributed by atoms with E-state index in [1.807, 2.05) is 6.07 Å². The first-order chi connectivity index (χ1) is 10.6. The SMILES string of the molecule is CCc1ccc2nc(NC(=O)c3cn(C)nc3OC)sc2c1. The van der Waals surface area contributed by atoms with Gasteiger partial charge in [-0.3, -0.25) is 14.8 Å². The average Bonchev–Trinajstić information content (AvgIpc) is 3.08. The van der Waals surface area contributed by atoms with Gasteiger partial charge in [0.05, 0.1) is 17.3 Å². The highest BCUT2D eigenvalue weighted by Crippen LogP contribution is 2.28. The number of carbonyl (C=O) groups excluding carboxylic acids is 1. The molecule has 0 fully saturated rings. The molecule has 0 unspecified atom stereocenters. The van der Waals surface area contributed by atoms with E-state index in [-0.39, 0.29) is 5.91 Å². The maximum atomic E-state index is 12.3. The van der Waals surface area contributed by atoms with E-state index >= 15 is 0 Å². The highest BCUT2D eigenvalue weighted by atomic mass is 32.1. The molecule has 0 saturated heterocycles. The lowest BCUT2D eigenvalue weighted by atomic mass is 10.2. The fourth-order valence-electron chi connectivity index (χ4n) is 2.18. The van der Waals surface area contributed by atoms with Crippen LogP contribution in [0.2, 0.25) is 0 Å². The van der Waals surface area contributed by atoms with Gasteiger partial charge < -0.3 is 4.74 Å². The number of nitrogens with zero attached hydrogens (tertiary/aromatic N) is 3. The van der Waals surface area contributed by atoms with Crippen molar-refractivity contribution < 1.29 is 9.53 Å². The summed E-state index contributed by atoms with van der Waals surface area (Å²) in [4.78, 5) is 16.8. The summed E-state index contributed by atoms with van der Waals surface area (Å²) in [6.45, 7) is 2.11. The van der Waals surface area contributed by atoms with E-state index in [0.29, 0.717) is 16.6 Å². The molecule has 0 bridgehead atoms. The van der Waals surface area contributed by atoms with Crippen molar-refractivity contribution in [2.45, 2.75) is 13.3 Å². The second kappa shape index (κ2) is 5.76. The second-order valence-corrected chi connectivity index (χ2v) is 5.89. The molecule has 0 aliphatic carbocycles. The van der Waals surface area contributed by atoms with Gasteiger partial charge >= 0.3 is 0 Å². The van der Waals surface area contributed by atoms with E-state index in [0.717, 1.165) is 16.6 Å². The van der Waals surface area contributed by atoms with Crippen molar-refractivity contribution in [1.29, 1.82) is 0 Å². The Morgan fingerprint density at radius 1 is 1.45 bits per heavy atom. The Balaban J connectivity index is 1.87. The van der Waals surface area contributed by atoms with Crippen LogP contribution in [0.5, 0.6) is 5.88 Å². The molecule has 0 radical (unpaired) electrons. The fourth-order valence-corrected chi connectivity index (χ4v) is 3.11. The van der Waals surface area contributed by atoms with Gasteiger partial charge in [-0.1, -0.05) is 24.3 Å². The number of methoxy groups -OCH3 is 1. The number of carbonyl (C=O) groups is 1. The zero-order chi connectivity index (χ0) is 15.7. The highest BCUT2D eigenvalue weighted by Gasteiger charge is 2.18. The van der Waals surface area contributed by atoms with Gasteiger partial charge in [-0.2, -0.15) is 0 Å². The van der Waals surface area contributed by atoms with Crippen molar-refractivity contribution in [3.05, 3.63) is 35.5 Å². The quantitative estimate of drug-likeness (QED) is 0.803. The van der Waals surface area contributed by atoms with Crippen LogP contribution < -0.4 is 10.1 Å². The van der Waals surface area contributed by atoms with Crippen LogP contribution in [0.3, 0.4) is 0 Å². The van der Waals surface area contributed by atoms with Gasteiger partial charge in [-0.15, -0.1) is 5.10 Å². The fraction of sp³-hybridized carbons (Fsp3) is 0.267. The number of thiazole rings is 1. The summed E-state index contributed by atoms with van der Waals surface area (Å²) in [6.07, 6.45) is 2.60. The van der Waals surface area contributed by atoms with Crippen molar-refractivity contribution in [2.24, 2.45) is 7.05 Å². The van der Waals surface area contributed by atoms with Crippen LogP contribution in [0.1, 0.15) is 22.8 Å². The van der Waals surface area contributed by atoms with Crippen LogP contribution in [0, 0.1) is 0 Å². The van der Waals surface area contributed by atoms with E-state index in [1.54, 1.807) is 17.9 Å². The standard InChI is InChI=1S/C15H16N4O2S/c1-4-9-5-6-11-12(7-9)22-15(16-11)17-13(20)10-8-19(2)18-14(10)21-3/h5-8H,4H2,1-3H3,(H,16,17,20). The minimum absolute atomic E-state index is 0.278. The third-order valence-electron chi connectivity index (χ3n) is 3.31. The maximum absolute atomic E-state index is 12.3. The van der Waals surface area contributed by atoms with E-state index in [1.165, 1.54) is 24.0 Å². The first-order valence-corrected chi connectivity index (χ1v) is 7.70. The summed E-state index contributed by atoms with van der Waals surface area (Å²) >= 11 is 1.46. The van der Waals surface area contributed by atoms with Crippen molar-refractivity contribution in [1.82, 2.24) is 14.8 Å². The molecular weight excluding hydrogens is 300 g/mol. The lowest BCUT2D eigenvalue weighted by Gasteiger charge is -2.00. The summed E-state index contributed by atoms with van der Waals surface area (Å²) in [6, 6.07) is 6.14. The number of anilines is 1. The van der Waals surface area contributed by atoms with Crippen LogP contribution >= 0.6 is 11.3 Å². The summed E-state index contributed by atoms with van der Waals surface area (Å²) in [5.74, 6) is 0.0223. The Kier molecular flexibility index (Phi) is 3.81. The smallest absolute Gasteiger partial charge is 0.264 e. The number of hydrogen-bond donors (Lipinski definition) is 1. The van der Waals surface area contributed by atoms with Crippen LogP contribution in [-0.2, 0) is 13.5 Å². The van der Waals surface area contributed by atoms with Crippen LogP contribution in [0.15, 0.2) is 24.4 Å². The molecule has 0 aliphatic heterocycles. The molecule has 1 aromatic carbocycles. The topological polar surface area (TPSA) is 69.0 Å². The van der Waals surface area contributed by atoms with Gasteiger partial charge in [0.15, 0.2) is 5.13 Å². The molecule has 2 aromatic heterocycles. The second-order valence-electron chi connectivity index (χ2n) is 4.85. The molecule has 0 saturated carbocycles. The van der Waals surface area contributed by atoms with Gasteiger partial charge in [-0.05, 0) is 24.1 Å². The minimum atomic E-state index is -0.278.